The first-order chi connectivity index (χ1) is 13.6. The van der Waals surface area contributed by atoms with E-state index in [0.29, 0.717) is 50.1 Å². The molecule has 3 saturated carbocycles. The van der Waals surface area contributed by atoms with E-state index in [9.17, 15) is 4.79 Å². The largest absolute Gasteiger partial charge is 0.347 e. The summed E-state index contributed by atoms with van der Waals surface area (Å²) < 4.78 is 24.5. The van der Waals surface area contributed by atoms with Gasteiger partial charge in [0.25, 0.3) is 0 Å². The molecule has 154 valence electrons. The monoisotopic (exact) mass is 388 g/mol. The number of carbonyl (C=O) groups excluding carboxylic acids is 1. The van der Waals surface area contributed by atoms with E-state index in [0.717, 1.165) is 44.9 Å². The van der Waals surface area contributed by atoms with Crippen LogP contribution in [0.5, 0.6) is 0 Å². The average molecular weight is 389 g/mol. The zero-order chi connectivity index (χ0) is 19.0. The van der Waals surface area contributed by atoms with Gasteiger partial charge in [0.15, 0.2) is 11.6 Å². The second-order valence-corrected chi connectivity index (χ2v) is 10.2. The van der Waals surface area contributed by atoms with Crippen molar-refractivity contribution in [2.45, 2.75) is 63.4 Å². The Kier molecular flexibility index (Phi) is 3.95. The third kappa shape index (κ3) is 2.25. The molecule has 0 aromatic rings. The van der Waals surface area contributed by atoms with Gasteiger partial charge in [0.1, 0.15) is 6.29 Å². The lowest BCUT2D eigenvalue weighted by Crippen LogP contribution is -2.56. The molecule has 0 amide bonds. The summed E-state index contributed by atoms with van der Waals surface area (Å²) in [7, 11) is 0. The van der Waals surface area contributed by atoms with Gasteiger partial charge >= 0.3 is 0 Å². The lowest BCUT2D eigenvalue weighted by atomic mass is 9.49. The van der Waals surface area contributed by atoms with Crippen molar-refractivity contribution in [3.05, 3.63) is 11.6 Å². The number of hydrogen-bond acceptors (Lipinski definition) is 5. The molecule has 4 aliphatic carbocycles. The lowest BCUT2D eigenvalue weighted by Gasteiger charge is -2.57. The highest BCUT2D eigenvalue weighted by Gasteiger charge is 2.67. The van der Waals surface area contributed by atoms with E-state index in [1.54, 1.807) is 0 Å². The van der Waals surface area contributed by atoms with Gasteiger partial charge in [-0.2, -0.15) is 0 Å². The fourth-order valence-electron chi connectivity index (χ4n) is 8.21. The van der Waals surface area contributed by atoms with Gasteiger partial charge in [-0.05, 0) is 49.4 Å². The fourth-order valence-corrected chi connectivity index (χ4v) is 8.21. The molecule has 0 aromatic heterocycles. The number of rotatable bonds is 1. The van der Waals surface area contributed by atoms with Crippen molar-refractivity contribution in [1.29, 1.82) is 0 Å². The number of carbonyl (C=O) groups is 1. The van der Waals surface area contributed by atoms with Crippen LogP contribution >= 0.6 is 0 Å². The molecule has 6 aliphatic rings. The van der Waals surface area contributed by atoms with Gasteiger partial charge < -0.3 is 23.7 Å². The molecule has 0 unspecified atom stereocenters. The first kappa shape index (κ1) is 18.1. The molecule has 0 N–H and O–H groups in total. The molecule has 2 aliphatic heterocycles. The van der Waals surface area contributed by atoms with Crippen LogP contribution in [0.25, 0.3) is 0 Å². The normalized spacial score (nSPS) is 48.2. The number of fused-ring (bicyclic) bond motifs is 6. The van der Waals surface area contributed by atoms with Crippen molar-refractivity contribution in [1.82, 2.24) is 0 Å². The Hall–Kier alpha value is -0.750. The summed E-state index contributed by atoms with van der Waals surface area (Å²) in [4.78, 5) is 12.3. The lowest BCUT2D eigenvalue weighted by molar-refractivity contribution is -0.246. The van der Waals surface area contributed by atoms with Crippen LogP contribution in [-0.4, -0.2) is 44.3 Å². The molecule has 0 radical (unpaired) electrons. The van der Waals surface area contributed by atoms with E-state index in [1.165, 1.54) is 11.9 Å². The highest BCUT2D eigenvalue weighted by atomic mass is 16.7. The Morgan fingerprint density at radius 1 is 1.04 bits per heavy atom. The molecule has 2 spiro atoms. The number of ether oxygens (including phenoxy) is 4. The van der Waals surface area contributed by atoms with Crippen molar-refractivity contribution in [3.8, 4) is 0 Å². The van der Waals surface area contributed by atoms with Crippen molar-refractivity contribution in [2.24, 2.45) is 35.0 Å². The Morgan fingerprint density at radius 2 is 1.79 bits per heavy atom. The van der Waals surface area contributed by atoms with Crippen molar-refractivity contribution >= 4 is 6.29 Å². The molecule has 0 bridgehead atoms. The average Bonchev–Trinajstić information content (AvgIpc) is 3.43. The molecular formula is C23H32O5. The molecule has 28 heavy (non-hydrogen) atoms. The Bertz CT molecular complexity index is 689. The van der Waals surface area contributed by atoms with E-state index >= 15 is 0 Å². The van der Waals surface area contributed by atoms with Crippen molar-refractivity contribution < 1.29 is 23.7 Å². The molecular weight excluding hydrogens is 356 g/mol. The van der Waals surface area contributed by atoms with Gasteiger partial charge in [0, 0.05) is 30.6 Å². The number of allylic oxidation sites excluding steroid dienone is 1. The highest BCUT2D eigenvalue weighted by Crippen LogP contribution is 2.67. The number of aldehydes is 1. The van der Waals surface area contributed by atoms with Crippen LogP contribution in [-0.2, 0) is 23.7 Å². The summed E-state index contributed by atoms with van der Waals surface area (Å²) in [6.07, 6.45) is 10.8. The van der Waals surface area contributed by atoms with Crippen LogP contribution in [0.1, 0.15) is 51.9 Å². The summed E-state index contributed by atoms with van der Waals surface area (Å²) in [5.41, 5.74) is 1.45. The third-order valence-corrected chi connectivity index (χ3v) is 9.28. The Morgan fingerprint density at radius 3 is 2.54 bits per heavy atom. The van der Waals surface area contributed by atoms with Crippen molar-refractivity contribution in [2.75, 3.05) is 26.4 Å². The Balaban J connectivity index is 1.34. The number of hydrogen-bond donors (Lipinski definition) is 0. The van der Waals surface area contributed by atoms with E-state index in [-0.39, 0.29) is 17.1 Å². The predicted octanol–water partition coefficient (Wildman–Crippen LogP) is 3.47. The van der Waals surface area contributed by atoms with Gasteiger partial charge in [-0.15, -0.1) is 0 Å². The minimum Gasteiger partial charge on any atom is -0.347 e. The van der Waals surface area contributed by atoms with Gasteiger partial charge in [-0.3, -0.25) is 0 Å². The van der Waals surface area contributed by atoms with Gasteiger partial charge in [-0.1, -0.05) is 18.6 Å². The van der Waals surface area contributed by atoms with E-state index in [2.05, 4.69) is 13.0 Å². The molecule has 0 aromatic carbocycles. The Labute approximate surface area is 167 Å². The maximum atomic E-state index is 12.3. The summed E-state index contributed by atoms with van der Waals surface area (Å²) in [5, 5.41) is 0. The minimum atomic E-state index is -0.448. The molecule has 2 saturated heterocycles. The van der Waals surface area contributed by atoms with E-state index in [4.69, 9.17) is 18.9 Å². The molecule has 5 fully saturated rings. The SMILES string of the molecule is C[C@]12C[C@H](C=O)[C@H]3[C@@H](CC=C4CC5(CC[C@@H]43)OCCO5)[C@@H]1CCC21OCCO1. The molecule has 6 atom stereocenters. The molecule has 2 heterocycles. The third-order valence-electron chi connectivity index (χ3n) is 9.28. The van der Waals surface area contributed by atoms with E-state index in [1.807, 2.05) is 0 Å². The summed E-state index contributed by atoms with van der Waals surface area (Å²) in [5.74, 6) is 1.40. The molecule has 6 rings (SSSR count). The van der Waals surface area contributed by atoms with Crippen molar-refractivity contribution in [3.63, 3.8) is 0 Å². The summed E-state index contributed by atoms with van der Waals surface area (Å²) in [6, 6.07) is 0. The maximum absolute atomic E-state index is 12.3. The van der Waals surface area contributed by atoms with Crippen LogP contribution < -0.4 is 0 Å². The quantitative estimate of drug-likeness (QED) is 0.509. The first-order valence-electron chi connectivity index (χ1n) is 11.3. The second kappa shape index (κ2) is 6.13. The van der Waals surface area contributed by atoms with Crippen LogP contribution in [0.15, 0.2) is 11.6 Å². The van der Waals surface area contributed by atoms with E-state index < -0.39 is 5.79 Å². The van der Waals surface area contributed by atoms with Crippen LogP contribution in [0.2, 0.25) is 0 Å². The van der Waals surface area contributed by atoms with Crippen LogP contribution in [0.4, 0.5) is 0 Å². The standard InChI is InChI=1S/C23H32O5/c1-21-12-16(14-24)20-17-4-6-22(25-8-9-26-22)13-15(17)2-3-18(20)19(21)5-7-23(21)27-10-11-28-23/h2,14,16-20H,3-13H2,1H3/t16-,17+,18+,19+,20-,21+/m1/s1. The fraction of sp³-hybridized carbons (Fsp3) is 0.870. The predicted molar refractivity (Wildman–Crippen MR) is 101 cm³/mol. The maximum Gasteiger partial charge on any atom is 0.174 e. The molecule has 5 heteroatoms. The van der Waals surface area contributed by atoms with Crippen LogP contribution in [0, 0.1) is 35.0 Å². The minimum absolute atomic E-state index is 0.0465. The van der Waals surface area contributed by atoms with Gasteiger partial charge in [0.2, 0.25) is 0 Å². The highest BCUT2D eigenvalue weighted by molar-refractivity contribution is 5.56. The summed E-state index contributed by atoms with van der Waals surface area (Å²) in [6.45, 7) is 5.15. The zero-order valence-electron chi connectivity index (χ0n) is 16.9. The smallest absolute Gasteiger partial charge is 0.174 e. The zero-order valence-corrected chi connectivity index (χ0v) is 16.9. The second-order valence-electron chi connectivity index (χ2n) is 10.2. The van der Waals surface area contributed by atoms with Gasteiger partial charge in [0.05, 0.1) is 26.4 Å². The van der Waals surface area contributed by atoms with Crippen LogP contribution in [0.3, 0.4) is 0 Å². The first-order valence-corrected chi connectivity index (χ1v) is 11.3. The summed E-state index contributed by atoms with van der Waals surface area (Å²) >= 11 is 0. The van der Waals surface area contributed by atoms with Gasteiger partial charge in [-0.25, -0.2) is 0 Å². The molecule has 5 nitrogen and oxygen atoms in total. The topological polar surface area (TPSA) is 54.0 Å².